The van der Waals surface area contributed by atoms with Gasteiger partial charge in [-0.1, -0.05) is 49.5 Å². The van der Waals surface area contributed by atoms with Crippen LogP contribution in [-0.4, -0.2) is 8.07 Å². The minimum Gasteiger partial charge on any atom is -0.100 e. The molecule has 0 amide bonds. The molecule has 0 atom stereocenters. The van der Waals surface area contributed by atoms with Crippen LogP contribution in [0.2, 0.25) is 25.7 Å². The van der Waals surface area contributed by atoms with Crippen molar-refractivity contribution in [2.24, 2.45) is 5.92 Å². The number of rotatable bonds is 4. The van der Waals surface area contributed by atoms with Gasteiger partial charge in [-0.3, -0.25) is 0 Å². The Morgan fingerprint density at radius 1 is 1.23 bits per heavy atom. The zero-order chi connectivity index (χ0) is 9.90. The number of hydrogen-bond acceptors (Lipinski definition) is 0. The van der Waals surface area contributed by atoms with Crippen LogP contribution in [0.4, 0.5) is 0 Å². The predicted octanol–water partition coefficient (Wildman–Crippen LogP) is 4.01. The summed E-state index contributed by atoms with van der Waals surface area (Å²) in [7, 11) is -0.940. The molecule has 0 heterocycles. The maximum absolute atomic E-state index is 4.17. The Kier molecular flexibility index (Phi) is 3.31. The third-order valence-electron chi connectivity index (χ3n) is 2.13. The Morgan fingerprint density at radius 2 is 1.77 bits per heavy atom. The van der Waals surface area contributed by atoms with E-state index in [-0.39, 0.29) is 0 Å². The second-order valence-corrected chi connectivity index (χ2v) is 10.6. The van der Waals surface area contributed by atoms with Gasteiger partial charge in [-0.05, 0) is 18.4 Å². The molecule has 0 N–H and O–H groups in total. The highest BCUT2D eigenvalue weighted by Crippen LogP contribution is 2.24. The van der Waals surface area contributed by atoms with Crippen LogP contribution in [0.15, 0.2) is 36.5 Å². The zero-order valence-electron chi connectivity index (χ0n) is 9.01. The first kappa shape index (κ1) is 10.5. The summed E-state index contributed by atoms with van der Waals surface area (Å²) in [5.74, 6) is 0.629. The van der Waals surface area contributed by atoms with Crippen molar-refractivity contribution in [3.63, 3.8) is 0 Å². The van der Waals surface area contributed by atoms with Gasteiger partial charge >= 0.3 is 0 Å². The molecular weight excluding hydrogens is 172 g/mol. The molecular formula is C12H20Si. The monoisotopic (exact) mass is 192 g/mol. The number of allylic oxidation sites excluding steroid dienone is 5. The van der Waals surface area contributed by atoms with Crippen molar-refractivity contribution in [3.8, 4) is 0 Å². The first-order valence-electron chi connectivity index (χ1n) is 4.99. The van der Waals surface area contributed by atoms with Gasteiger partial charge in [-0.25, -0.2) is 0 Å². The van der Waals surface area contributed by atoms with E-state index in [1.807, 2.05) is 0 Å². The molecule has 1 rings (SSSR count). The first-order valence-corrected chi connectivity index (χ1v) is 8.70. The highest BCUT2D eigenvalue weighted by Gasteiger charge is 2.16. The molecule has 1 aliphatic carbocycles. The fourth-order valence-electron chi connectivity index (χ4n) is 1.77. The molecule has 13 heavy (non-hydrogen) atoms. The van der Waals surface area contributed by atoms with Crippen LogP contribution in [0, 0.1) is 5.92 Å². The fraction of sp³-hybridized carbons (Fsp3) is 0.500. The van der Waals surface area contributed by atoms with Crippen molar-refractivity contribution in [2.45, 2.75) is 32.1 Å². The molecule has 0 unspecified atom stereocenters. The summed E-state index contributed by atoms with van der Waals surface area (Å²) in [5.41, 5.74) is 1.43. The third-order valence-corrected chi connectivity index (χ3v) is 3.69. The molecule has 0 aromatic heterocycles. The van der Waals surface area contributed by atoms with E-state index in [1.54, 1.807) is 0 Å². The van der Waals surface area contributed by atoms with Gasteiger partial charge in [-0.15, -0.1) is 6.58 Å². The second kappa shape index (κ2) is 4.10. The summed E-state index contributed by atoms with van der Waals surface area (Å²) in [6.45, 7) is 11.4. The normalized spacial score (nSPS) is 16.8. The van der Waals surface area contributed by atoms with E-state index in [4.69, 9.17) is 0 Å². The minimum absolute atomic E-state index is 0.629. The van der Waals surface area contributed by atoms with Gasteiger partial charge < -0.3 is 0 Å². The predicted molar refractivity (Wildman–Crippen MR) is 63.7 cm³/mol. The van der Waals surface area contributed by atoms with Crippen LogP contribution in [0.25, 0.3) is 0 Å². The molecule has 0 saturated heterocycles. The summed E-state index contributed by atoms with van der Waals surface area (Å²) in [6, 6.07) is 1.27. The van der Waals surface area contributed by atoms with Crippen molar-refractivity contribution in [1.29, 1.82) is 0 Å². The van der Waals surface area contributed by atoms with Crippen molar-refractivity contribution in [2.75, 3.05) is 0 Å². The van der Waals surface area contributed by atoms with E-state index in [1.165, 1.54) is 11.6 Å². The Morgan fingerprint density at radius 3 is 2.23 bits per heavy atom. The van der Waals surface area contributed by atoms with E-state index in [2.05, 4.69) is 50.5 Å². The average molecular weight is 192 g/mol. The minimum atomic E-state index is -0.940. The van der Waals surface area contributed by atoms with E-state index >= 15 is 0 Å². The summed E-state index contributed by atoms with van der Waals surface area (Å²) < 4.78 is 0. The van der Waals surface area contributed by atoms with E-state index in [0.29, 0.717) is 5.92 Å². The molecule has 1 heteroatoms. The van der Waals surface area contributed by atoms with Crippen molar-refractivity contribution >= 4 is 8.07 Å². The lowest BCUT2D eigenvalue weighted by Crippen LogP contribution is -2.20. The average Bonchev–Trinajstić information content (AvgIpc) is 2.34. The molecule has 0 saturated carbocycles. The molecule has 72 valence electrons. The highest BCUT2D eigenvalue weighted by atomic mass is 28.3. The second-order valence-electron chi connectivity index (χ2n) is 5.13. The van der Waals surface area contributed by atoms with Crippen molar-refractivity contribution in [1.82, 2.24) is 0 Å². The SMILES string of the molecule is C=C(CC1C=CC=C1)C[Si](C)(C)C. The topological polar surface area (TPSA) is 0 Å². The molecule has 0 aromatic carbocycles. The number of hydrogen-bond donors (Lipinski definition) is 0. The quantitative estimate of drug-likeness (QED) is 0.466. The molecule has 0 spiro atoms. The van der Waals surface area contributed by atoms with Crippen LogP contribution >= 0.6 is 0 Å². The summed E-state index contributed by atoms with van der Waals surface area (Å²) in [4.78, 5) is 0. The van der Waals surface area contributed by atoms with E-state index < -0.39 is 8.07 Å². The molecule has 0 radical (unpaired) electrons. The van der Waals surface area contributed by atoms with Gasteiger partial charge in [-0.2, -0.15) is 0 Å². The van der Waals surface area contributed by atoms with Crippen LogP contribution in [0.5, 0.6) is 0 Å². The van der Waals surface area contributed by atoms with Crippen molar-refractivity contribution in [3.05, 3.63) is 36.5 Å². The van der Waals surface area contributed by atoms with Gasteiger partial charge in [0.2, 0.25) is 0 Å². The van der Waals surface area contributed by atoms with Crippen molar-refractivity contribution < 1.29 is 0 Å². The smallest absolute Gasteiger partial charge is 0.0483 e. The Bertz CT molecular complexity index is 228. The van der Waals surface area contributed by atoms with Crippen LogP contribution < -0.4 is 0 Å². The van der Waals surface area contributed by atoms with Gasteiger partial charge in [0.25, 0.3) is 0 Å². The van der Waals surface area contributed by atoms with E-state index in [0.717, 1.165) is 6.42 Å². The lowest BCUT2D eigenvalue weighted by atomic mass is 10.0. The van der Waals surface area contributed by atoms with E-state index in [9.17, 15) is 0 Å². The largest absolute Gasteiger partial charge is 0.100 e. The van der Waals surface area contributed by atoms with Crippen LogP contribution in [0.3, 0.4) is 0 Å². The molecule has 1 aliphatic rings. The highest BCUT2D eigenvalue weighted by molar-refractivity contribution is 6.76. The lowest BCUT2D eigenvalue weighted by molar-refractivity contribution is 0.804. The summed E-state index contributed by atoms with van der Waals surface area (Å²) >= 11 is 0. The standard InChI is InChI=1S/C12H20Si/c1-11(10-13(2,3)4)9-12-7-5-6-8-12/h5-8,12H,1,9-10H2,2-4H3. The molecule has 0 nitrogen and oxygen atoms in total. The summed E-state index contributed by atoms with van der Waals surface area (Å²) in [6.07, 6.45) is 9.93. The molecule has 0 bridgehead atoms. The summed E-state index contributed by atoms with van der Waals surface area (Å²) in [5, 5.41) is 0. The molecule has 0 aliphatic heterocycles. The van der Waals surface area contributed by atoms with Gasteiger partial charge in [0.1, 0.15) is 0 Å². The first-order chi connectivity index (χ1) is 5.97. The molecule has 0 aromatic rings. The zero-order valence-corrected chi connectivity index (χ0v) is 10.0. The van der Waals surface area contributed by atoms with Gasteiger partial charge in [0, 0.05) is 8.07 Å². The Labute approximate surface area is 83.1 Å². The third kappa shape index (κ3) is 4.27. The Hall–Kier alpha value is -0.563. The van der Waals surface area contributed by atoms with Gasteiger partial charge in [0.15, 0.2) is 0 Å². The van der Waals surface area contributed by atoms with Crippen LogP contribution in [-0.2, 0) is 0 Å². The van der Waals surface area contributed by atoms with Crippen LogP contribution in [0.1, 0.15) is 6.42 Å². The molecule has 0 fully saturated rings. The fourth-order valence-corrected chi connectivity index (χ4v) is 3.41. The van der Waals surface area contributed by atoms with Gasteiger partial charge in [0.05, 0.1) is 0 Å². The Balaban J connectivity index is 2.33. The maximum atomic E-state index is 4.17. The maximum Gasteiger partial charge on any atom is 0.0483 e. The lowest BCUT2D eigenvalue weighted by Gasteiger charge is -2.18.